The molecule has 2 aliphatic heterocycles. The van der Waals surface area contributed by atoms with Crippen LogP contribution < -0.4 is 40.5 Å². The number of nitrogens with one attached hydrogen (secondary N) is 4. The van der Waals surface area contributed by atoms with Gasteiger partial charge in [-0.3, -0.25) is 9.59 Å². The highest BCUT2D eigenvalue weighted by Gasteiger charge is 2.27. The molecule has 10 rings (SSSR count). The molecule has 0 saturated carbocycles. The van der Waals surface area contributed by atoms with Crippen molar-refractivity contribution in [2.45, 2.75) is 25.9 Å². The van der Waals surface area contributed by atoms with Crippen LogP contribution in [0.3, 0.4) is 0 Å². The molecule has 4 aromatic carbocycles. The molecule has 16 nitrogen and oxygen atoms in total. The third kappa shape index (κ3) is 9.61. The fraction of sp³-hybridized carbons (Fsp3) is 0.182. The van der Waals surface area contributed by atoms with Gasteiger partial charge in [-0.25, -0.2) is 29.9 Å². The van der Waals surface area contributed by atoms with Crippen molar-refractivity contribution in [3.05, 3.63) is 122 Å². The van der Waals surface area contributed by atoms with Crippen molar-refractivity contribution < 1.29 is 19.1 Å². The molecule has 0 aliphatic carbocycles. The van der Waals surface area contributed by atoms with Crippen molar-refractivity contribution in [1.29, 1.82) is 0 Å². The number of amides is 2. The Morgan fingerprint density at radius 3 is 1.37 bits per heavy atom. The molecule has 4 N–H and O–H groups in total. The Morgan fingerprint density at radius 1 is 0.565 bits per heavy atom. The molecule has 8 aromatic rings. The number of benzene rings is 4. The van der Waals surface area contributed by atoms with Gasteiger partial charge < -0.3 is 40.5 Å². The Bertz CT molecular complexity index is 2580. The van der Waals surface area contributed by atoms with Crippen molar-refractivity contribution in [1.82, 2.24) is 40.5 Å². The minimum absolute atomic E-state index is 0.0315. The minimum Gasteiger partial charge on any atom is -0.436 e. The van der Waals surface area contributed by atoms with E-state index in [2.05, 4.69) is 63.3 Å². The summed E-state index contributed by atoms with van der Waals surface area (Å²) >= 11 is 3.21. The van der Waals surface area contributed by atoms with E-state index in [0.717, 1.165) is 42.1 Å². The van der Waals surface area contributed by atoms with Crippen LogP contribution in [-0.2, 0) is 9.59 Å². The summed E-state index contributed by atoms with van der Waals surface area (Å²) in [5.41, 5.74) is 3.77. The maximum absolute atomic E-state index is 11.9. The number of rotatable bonds is 10. The second-order valence-corrected chi connectivity index (χ2v) is 16.6. The van der Waals surface area contributed by atoms with Gasteiger partial charge in [0.2, 0.25) is 11.8 Å². The van der Waals surface area contributed by atoms with Crippen molar-refractivity contribution in [2.75, 3.05) is 46.6 Å². The molecule has 6 heterocycles. The van der Waals surface area contributed by atoms with Gasteiger partial charge in [-0.2, -0.15) is 0 Å². The standard InChI is InChI=1S/2C22H20N6O2S/c2*1-14-12-28(13-19(29)25-14)20-21(24-11-10-23-20)30-16-8-6-15(7-9-16)26-22-27-17-4-2-3-5-18(17)31-22/h2*2-11,14H,12-13H2,1H3,(H,25,29)(H,26,27)/t2*14-/m10/s1. The highest BCUT2D eigenvalue weighted by molar-refractivity contribution is 7.22. The van der Waals surface area contributed by atoms with Crippen LogP contribution in [0.25, 0.3) is 20.4 Å². The lowest BCUT2D eigenvalue weighted by Gasteiger charge is -2.32. The van der Waals surface area contributed by atoms with Crippen molar-refractivity contribution in [3.63, 3.8) is 0 Å². The van der Waals surface area contributed by atoms with Crippen LogP contribution in [0, 0.1) is 0 Å². The van der Waals surface area contributed by atoms with Gasteiger partial charge in [0.1, 0.15) is 11.5 Å². The molecular formula is C44H40N12O4S2. The number of hydrogen-bond donors (Lipinski definition) is 4. The predicted molar refractivity (Wildman–Crippen MR) is 243 cm³/mol. The third-order valence-corrected chi connectivity index (χ3v) is 11.5. The molecule has 0 unspecified atom stereocenters. The van der Waals surface area contributed by atoms with E-state index in [-0.39, 0.29) is 37.0 Å². The zero-order chi connectivity index (χ0) is 42.4. The topological polar surface area (TPSA) is 185 Å². The predicted octanol–water partition coefficient (Wildman–Crippen LogP) is 7.89. The van der Waals surface area contributed by atoms with E-state index in [1.54, 1.807) is 47.5 Å². The maximum Gasteiger partial charge on any atom is 0.263 e. The molecule has 2 atom stereocenters. The van der Waals surface area contributed by atoms with Gasteiger partial charge in [-0.1, -0.05) is 46.9 Å². The Labute approximate surface area is 364 Å². The fourth-order valence-electron chi connectivity index (χ4n) is 6.94. The van der Waals surface area contributed by atoms with Gasteiger partial charge in [0.25, 0.3) is 11.8 Å². The molecule has 0 bridgehead atoms. The normalized spacial score (nSPS) is 16.2. The Morgan fingerprint density at radius 2 is 0.968 bits per heavy atom. The SMILES string of the molecule is C[C@@H]1CN(c2nccnc2Oc2ccc(Nc3nc4ccccc4s3)cc2)CC(=O)N1.C[C@H]1CN(c2nccnc2Oc2ccc(Nc3nc4ccccc4s3)cc2)CC(=O)N1. The van der Waals surface area contributed by atoms with E-state index in [4.69, 9.17) is 9.47 Å². The summed E-state index contributed by atoms with van der Waals surface area (Å²) < 4.78 is 14.3. The number of piperazine rings is 2. The van der Waals surface area contributed by atoms with Crippen LogP contribution in [-0.4, -0.2) is 80.0 Å². The number of thiazole rings is 2. The monoisotopic (exact) mass is 864 g/mol. The lowest BCUT2D eigenvalue weighted by molar-refractivity contribution is -0.122. The largest absolute Gasteiger partial charge is 0.436 e. The molecule has 0 spiro atoms. The first-order chi connectivity index (χ1) is 30.3. The number of nitrogens with zero attached hydrogens (tertiary/aromatic N) is 8. The highest BCUT2D eigenvalue weighted by atomic mass is 32.1. The number of carbonyl (C=O) groups is 2. The van der Waals surface area contributed by atoms with Crippen LogP contribution in [0.4, 0.5) is 33.3 Å². The first kappa shape index (κ1) is 40.0. The van der Waals surface area contributed by atoms with E-state index in [1.807, 2.05) is 109 Å². The lowest BCUT2D eigenvalue weighted by Crippen LogP contribution is -2.53. The number of ether oxygens (including phenoxy) is 2. The van der Waals surface area contributed by atoms with Gasteiger partial charge in [-0.05, 0) is 86.6 Å². The number of carbonyl (C=O) groups excluding carboxylic acids is 2. The van der Waals surface area contributed by atoms with Gasteiger partial charge >= 0.3 is 0 Å². The lowest BCUT2D eigenvalue weighted by atomic mass is 10.2. The van der Waals surface area contributed by atoms with Crippen LogP contribution in [0.5, 0.6) is 23.3 Å². The quantitative estimate of drug-likeness (QED) is 0.104. The Kier molecular flexibility index (Phi) is 11.6. The maximum atomic E-state index is 11.9. The molecule has 62 heavy (non-hydrogen) atoms. The number of aromatic nitrogens is 6. The van der Waals surface area contributed by atoms with Gasteiger partial charge in [-0.15, -0.1) is 0 Å². The Hall–Kier alpha value is -7.44. The summed E-state index contributed by atoms with van der Waals surface area (Å²) in [5.74, 6) is 3.03. The first-order valence-corrected chi connectivity index (χ1v) is 21.4. The molecule has 2 fully saturated rings. The number of anilines is 6. The summed E-state index contributed by atoms with van der Waals surface area (Å²) in [6, 6.07) is 31.3. The van der Waals surface area contributed by atoms with Gasteiger partial charge in [0.05, 0.1) is 33.5 Å². The average molecular weight is 865 g/mol. The number of fused-ring (bicyclic) bond motifs is 2. The molecular weight excluding hydrogens is 825 g/mol. The molecule has 2 saturated heterocycles. The van der Waals surface area contributed by atoms with E-state index >= 15 is 0 Å². The summed E-state index contributed by atoms with van der Waals surface area (Å²) in [5, 5.41) is 14.1. The smallest absolute Gasteiger partial charge is 0.263 e. The fourth-order valence-corrected chi connectivity index (χ4v) is 8.71. The van der Waals surface area contributed by atoms with Crippen LogP contribution in [0.15, 0.2) is 122 Å². The molecule has 18 heteroatoms. The van der Waals surface area contributed by atoms with Gasteiger partial charge in [0, 0.05) is 61.3 Å². The van der Waals surface area contributed by atoms with E-state index < -0.39 is 0 Å². The second kappa shape index (κ2) is 18.0. The summed E-state index contributed by atoms with van der Waals surface area (Å²) in [7, 11) is 0. The van der Waals surface area contributed by atoms with Crippen LogP contribution in [0.1, 0.15) is 13.8 Å². The number of hydrogen-bond acceptors (Lipinski definition) is 16. The molecule has 0 radical (unpaired) electrons. The zero-order valence-corrected chi connectivity index (χ0v) is 35.2. The van der Waals surface area contributed by atoms with Crippen molar-refractivity contribution >= 4 is 88.2 Å². The van der Waals surface area contributed by atoms with E-state index in [9.17, 15) is 9.59 Å². The van der Waals surface area contributed by atoms with Crippen LogP contribution >= 0.6 is 22.7 Å². The highest BCUT2D eigenvalue weighted by Crippen LogP contribution is 2.34. The summed E-state index contributed by atoms with van der Waals surface area (Å²) in [6.45, 7) is 5.66. The molecule has 312 valence electrons. The van der Waals surface area contributed by atoms with Crippen molar-refractivity contribution in [3.8, 4) is 23.3 Å². The summed E-state index contributed by atoms with van der Waals surface area (Å²) in [6.07, 6.45) is 6.36. The zero-order valence-electron chi connectivity index (χ0n) is 33.6. The summed E-state index contributed by atoms with van der Waals surface area (Å²) in [4.78, 5) is 54.3. The number of para-hydroxylation sites is 2. The van der Waals surface area contributed by atoms with Crippen LogP contribution in [0.2, 0.25) is 0 Å². The first-order valence-electron chi connectivity index (χ1n) is 19.8. The molecule has 2 aliphatic rings. The van der Waals surface area contributed by atoms with Gasteiger partial charge in [0.15, 0.2) is 21.9 Å². The Balaban J connectivity index is 0.000000158. The third-order valence-electron chi connectivity index (χ3n) is 9.59. The second-order valence-electron chi connectivity index (χ2n) is 14.5. The minimum atomic E-state index is -0.0411. The molecule has 4 aromatic heterocycles. The van der Waals surface area contributed by atoms with Crippen molar-refractivity contribution in [2.24, 2.45) is 0 Å². The van der Waals surface area contributed by atoms with E-state index in [1.165, 1.54) is 0 Å². The average Bonchev–Trinajstić information content (AvgIpc) is 3.88. The molecule has 2 amide bonds. The van der Waals surface area contributed by atoms with E-state index in [0.29, 0.717) is 48.0 Å².